The van der Waals surface area contributed by atoms with Crippen molar-refractivity contribution in [3.63, 3.8) is 0 Å². The van der Waals surface area contributed by atoms with Crippen molar-refractivity contribution < 1.29 is 8.98 Å². The number of aromatic nitrogens is 1. The van der Waals surface area contributed by atoms with Gasteiger partial charge in [0.1, 0.15) is 18.7 Å². The number of pyridine rings is 1. The Hall–Kier alpha value is -3.90. The maximum atomic E-state index is 9.78. The normalized spacial score (nSPS) is 11.2. The molecule has 0 saturated heterocycles. The fourth-order valence-electron chi connectivity index (χ4n) is 4.57. The van der Waals surface area contributed by atoms with Crippen LogP contribution in [0.4, 0.5) is 0 Å². The van der Waals surface area contributed by atoms with Crippen molar-refractivity contribution in [2.24, 2.45) is 7.05 Å². The van der Waals surface area contributed by atoms with Crippen LogP contribution in [0.3, 0.4) is 0 Å². The molecule has 0 spiro atoms. The van der Waals surface area contributed by atoms with Crippen LogP contribution >= 0.6 is 0 Å². The quantitative estimate of drug-likeness (QED) is 0.314. The fourth-order valence-corrected chi connectivity index (χ4v) is 4.57. The van der Waals surface area contributed by atoms with Gasteiger partial charge in [-0.1, -0.05) is 42.0 Å². The third-order valence-electron chi connectivity index (χ3n) is 6.10. The average molecular weight is 404 g/mol. The first-order valence-electron chi connectivity index (χ1n) is 10.4. The van der Waals surface area contributed by atoms with Gasteiger partial charge < -0.3 is 4.42 Å². The van der Waals surface area contributed by atoms with Crippen LogP contribution in [0.1, 0.15) is 22.3 Å². The van der Waals surface area contributed by atoms with Gasteiger partial charge in [0, 0.05) is 22.9 Å². The van der Waals surface area contributed by atoms with E-state index in [0.29, 0.717) is 11.1 Å². The number of aryl methyl sites for hydroxylation is 4. The summed E-state index contributed by atoms with van der Waals surface area (Å²) in [4.78, 5) is 0. The summed E-state index contributed by atoms with van der Waals surface area (Å²) in [5, 5.41) is 11.8. The van der Waals surface area contributed by atoms with Gasteiger partial charge in [-0.25, -0.2) is 4.57 Å². The topological polar surface area (TPSA) is 40.8 Å². The summed E-state index contributed by atoms with van der Waals surface area (Å²) in [6.45, 7) is 6.34. The molecule has 5 aromatic rings. The molecule has 0 fully saturated rings. The lowest BCUT2D eigenvalue weighted by molar-refractivity contribution is -0.660. The number of nitriles is 1. The molecule has 5 rings (SSSR count). The highest BCUT2D eigenvalue weighted by molar-refractivity contribution is 6.16. The van der Waals surface area contributed by atoms with E-state index in [4.69, 9.17) is 4.42 Å². The van der Waals surface area contributed by atoms with E-state index in [1.54, 1.807) is 0 Å². The van der Waals surface area contributed by atoms with Crippen LogP contribution in [-0.4, -0.2) is 0 Å². The van der Waals surface area contributed by atoms with Gasteiger partial charge >= 0.3 is 0 Å². The van der Waals surface area contributed by atoms with Gasteiger partial charge in [-0.2, -0.15) is 5.26 Å². The molecule has 150 valence electrons. The van der Waals surface area contributed by atoms with Gasteiger partial charge in [0.25, 0.3) is 0 Å². The molecule has 0 radical (unpaired) electrons. The number of rotatable bonds is 2. The molecule has 2 heterocycles. The van der Waals surface area contributed by atoms with Gasteiger partial charge in [-0.15, -0.1) is 0 Å². The summed E-state index contributed by atoms with van der Waals surface area (Å²) in [5.74, 6) is 0. The third kappa shape index (κ3) is 2.92. The molecule has 0 aliphatic heterocycles. The second kappa shape index (κ2) is 7.11. The minimum Gasteiger partial charge on any atom is -0.454 e. The molecule has 0 aliphatic rings. The molecule has 0 aliphatic carbocycles. The van der Waals surface area contributed by atoms with E-state index in [-0.39, 0.29) is 0 Å². The number of hydrogen-bond donors (Lipinski definition) is 0. The first-order chi connectivity index (χ1) is 15.0. The zero-order chi connectivity index (χ0) is 21.7. The van der Waals surface area contributed by atoms with E-state index in [1.807, 2.05) is 31.4 Å². The van der Waals surface area contributed by atoms with Crippen molar-refractivity contribution in [3.05, 3.63) is 89.1 Å². The molecule has 0 unspecified atom stereocenters. The zero-order valence-electron chi connectivity index (χ0n) is 18.2. The molecule has 0 saturated carbocycles. The Balaban J connectivity index is 1.95. The lowest BCUT2D eigenvalue weighted by atomic mass is 9.92. The molecule has 31 heavy (non-hydrogen) atoms. The Morgan fingerprint density at radius 2 is 1.65 bits per heavy atom. The first-order valence-corrected chi connectivity index (χ1v) is 10.4. The van der Waals surface area contributed by atoms with Crippen LogP contribution in [0.25, 0.3) is 44.3 Å². The Morgan fingerprint density at radius 3 is 2.39 bits per heavy atom. The van der Waals surface area contributed by atoms with Crippen molar-refractivity contribution in [2.45, 2.75) is 20.8 Å². The number of nitrogens with zero attached hydrogens (tertiary/aromatic N) is 2. The third-order valence-corrected chi connectivity index (χ3v) is 6.10. The van der Waals surface area contributed by atoms with E-state index < -0.39 is 0 Å². The summed E-state index contributed by atoms with van der Waals surface area (Å²) in [5.41, 5.74) is 10.0. The van der Waals surface area contributed by atoms with Gasteiger partial charge in [0.15, 0.2) is 11.8 Å². The monoisotopic (exact) mass is 403 g/mol. The first kappa shape index (κ1) is 19.1. The van der Waals surface area contributed by atoms with Crippen molar-refractivity contribution in [1.29, 1.82) is 5.26 Å². The highest BCUT2D eigenvalue weighted by Crippen LogP contribution is 2.42. The van der Waals surface area contributed by atoms with Crippen LogP contribution in [0.15, 0.2) is 71.3 Å². The minimum absolute atomic E-state index is 0.556. The Bertz CT molecular complexity index is 1530. The van der Waals surface area contributed by atoms with E-state index >= 15 is 0 Å². The Morgan fingerprint density at radius 1 is 0.839 bits per heavy atom. The predicted molar refractivity (Wildman–Crippen MR) is 125 cm³/mol. The molecule has 3 heteroatoms. The van der Waals surface area contributed by atoms with Crippen LogP contribution in [0.5, 0.6) is 0 Å². The molecule has 0 atom stereocenters. The molecule has 0 amide bonds. The number of fused-ring (bicyclic) bond motifs is 3. The zero-order valence-corrected chi connectivity index (χ0v) is 18.2. The van der Waals surface area contributed by atoms with E-state index in [0.717, 1.165) is 44.3 Å². The number of hydrogen-bond acceptors (Lipinski definition) is 2. The number of benzene rings is 3. The van der Waals surface area contributed by atoms with Gasteiger partial charge in [-0.3, -0.25) is 0 Å². The van der Waals surface area contributed by atoms with Crippen molar-refractivity contribution in [2.75, 3.05) is 0 Å². The summed E-state index contributed by atoms with van der Waals surface area (Å²) in [7, 11) is 2.04. The largest absolute Gasteiger partial charge is 0.454 e. The summed E-state index contributed by atoms with van der Waals surface area (Å²) in [6.07, 6.45) is 2.04. The fraction of sp³-hybridized carbons (Fsp3) is 0.143. The molecule has 2 aromatic heterocycles. The van der Waals surface area contributed by atoms with Crippen molar-refractivity contribution >= 4 is 21.9 Å². The molecular weight excluding hydrogens is 380 g/mol. The number of furan rings is 1. The minimum atomic E-state index is 0.556. The van der Waals surface area contributed by atoms with Crippen LogP contribution in [-0.2, 0) is 7.05 Å². The van der Waals surface area contributed by atoms with E-state index in [2.05, 4.69) is 73.9 Å². The maximum Gasteiger partial charge on any atom is 0.216 e. The summed E-state index contributed by atoms with van der Waals surface area (Å²) < 4.78 is 8.59. The Kier molecular flexibility index (Phi) is 4.38. The smallest absolute Gasteiger partial charge is 0.216 e. The second-order valence-electron chi connectivity index (χ2n) is 8.23. The van der Waals surface area contributed by atoms with Gasteiger partial charge in [0.05, 0.1) is 11.1 Å². The van der Waals surface area contributed by atoms with Crippen LogP contribution in [0.2, 0.25) is 0 Å². The SMILES string of the molecule is Cc1ccc(-c2ccc(C#N)c3oc4c(-c5cccc[n+]5C)c(C)ccc4c23)c(C)c1. The van der Waals surface area contributed by atoms with Crippen LogP contribution in [0, 0.1) is 32.1 Å². The van der Waals surface area contributed by atoms with E-state index in [1.165, 1.54) is 11.1 Å². The molecule has 0 N–H and O–H groups in total. The molecule has 3 nitrogen and oxygen atoms in total. The summed E-state index contributed by atoms with van der Waals surface area (Å²) in [6, 6.07) is 23.2. The highest BCUT2D eigenvalue weighted by atomic mass is 16.3. The lowest BCUT2D eigenvalue weighted by Gasteiger charge is -2.09. The lowest BCUT2D eigenvalue weighted by Crippen LogP contribution is -2.30. The van der Waals surface area contributed by atoms with Gasteiger partial charge in [-0.05, 0) is 55.2 Å². The van der Waals surface area contributed by atoms with Crippen LogP contribution < -0.4 is 4.57 Å². The average Bonchev–Trinajstić information content (AvgIpc) is 3.14. The molecule has 0 bridgehead atoms. The van der Waals surface area contributed by atoms with E-state index in [9.17, 15) is 5.26 Å². The second-order valence-corrected chi connectivity index (χ2v) is 8.23. The standard InChI is InChI=1S/C28H23N2O/c1-17-8-11-21(19(3)15-17)22-13-10-20(16-29)27-26(22)23-12-9-18(2)25(28(23)31-27)24-7-5-6-14-30(24)4/h5-15H,1-4H3/q+1. The van der Waals surface area contributed by atoms with Crippen molar-refractivity contribution in [3.8, 4) is 28.5 Å². The Labute approximate surface area is 181 Å². The van der Waals surface area contributed by atoms with Gasteiger partial charge in [0.2, 0.25) is 5.69 Å². The summed E-state index contributed by atoms with van der Waals surface area (Å²) >= 11 is 0. The molecular formula is C28H23N2O+. The predicted octanol–water partition coefficient (Wildman–Crippen LogP) is 6.54. The molecule has 3 aromatic carbocycles. The maximum absolute atomic E-state index is 9.78. The highest BCUT2D eigenvalue weighted by Gasteiger charge is 2.23. The van der Waals surface area contributed by atoms with Crippen molar-refractivity contribution in [1.82, 2.24) is 0 Å².